The molecule has 5 atom stereocenters. The molecule has 6 heteroatoms. The highest BCUT2D eigenvalue weighted by Gasteiger charge is 2.63. The van der Waals surface area contributed by atoms with E-state index in [1.54, 1.807) is 6.92 Å². The highest BCUT2D eigenvalue weighted by atomic mass is 16.6. The van der Waals surface area contributed by atoms with Crippen molar-refractivity contribution in [2.45, 2.75) is 57.0 Å². The summed E-state index contributed by atoms with van der Waals surface area (Å²) < 4.78 is 17.0. The first-order chi connectivity index (χ1) is 11.8. The largest absolute Gasteiger partial charge is 0.458 e. The van der Waals surface area contributed by atoms with E-state index in [0.29, 0.717) is 6.42 Å². The first-order valence-corrected chi connectivity index (χ1v) is 8.49. The van der Waals surface area contributed by atoms with Crippen LogP contribution in [0.25, 0.3) is 0 Å². The molecule has 3 aliphatic rings. The molecule has 2 heterocycles. The van der Waals surface area contributed by atoms with Crippen LogP contribution < -0.4 is 0 Å². The summed E-state index contributed by atoms with van der Waals surface area (Å²) in [6.07, 6.45) is 2.32. The molecular formula is C19H24O6. The van der Waals surface area contributed by atoms with E-state index < -0.39 is 30.1 Å². The van der Waals surface area contributed by atoms with Crippen molar-refractivity contribution in [3.8, 4) is 0 Å². The molecule has 1 N–H and O–H groups in total. The Labute approximate surface area is 147 Å². The van der Waals surface area contributed by atoms with Gasteiger partial charge in [-0.2, -0.15) is 0 Å². The van der Waals surface area contributed by atoms with Crippen molar-refractivity contribution < 1.29 is 28.9 Å². The zero-order valence-corrected chi connectivity index (χ0v) is 14.6. The zero-order chi connectivity index (χ0) is 18.4. The van der Waals surface area contributed by atoms with E-state index in [0.717, 1.165) is 18.4 Å². The third-order valence-corrected chi connectivity index (χ3v) is 5.25. The van der Waals surface area contributed by atoms with Gasteiger partial charge >= 0.3 is 11.9 Å². The van der Waals surface area contributed by atoms with Crippen LogP contribution >= 0.6 is 0 Å². The summed E-state index contributed by atoms with van der Waals surface area (Å²) in [6, 6.07) is 0. The molecule has 0 amide bonds. The smallest absolute Gasteiger partial charge is 0.334 e. The van der Waals surface area contributed by atoms with E-state index in [-0.39, 0.29) is 29.5 Å². The van der Waals surface area contributed by atoms with Gasteiger partial charge in [0.25, 0.3) is 0 Å². The Morgan fingerprint density at radius 2 is 2.24 bits per heavy atom. The molecule has 136 valence electrons. The molecule has 3 rings (SSSR count). The number of esters is 2. The first kappa shape index (κ1) is 17.9. The van der Waals surface area contributed by atoms with Crippen LogP contribution in [0.5, 0.6) is 0 Å². The first-order valence-electron chi connectivity index (χ1n) is 8.49. The highest BCUT2D eigenvalue weighted by molar-refractivity contribution is 5.91. The van der Waals surface area contributed by atoms with Gasteiger partial charge in [-0.15, -0.1) is 0 Å². The van der Waals surface area contributed by atoms with Crippen LogP contribution in [0.4, 0.5) is 0 Å². The van der Waals surface area contributed by atoms with Crippen LogP contribution in [-0.2, 0) is 23.8 Å². The summed E-state index contributed by atoms with van der Waals surface area (Å²) in [5.41, 5.74) is 0.922. The van der Waals surface area contributed by atoms with Crippen molar-refractivity contribution in [1.29, 1.82) is 0 Å². The monoisotopic (exact) mass is 348 g/mol. The molecule has 0 saturated carbocycles. The molecule has 0 unspecified atom stereocenters. The number of fused-ring (bicyclic) bond motifs is 3. The zero-order valence-electron chi connectivity index (χ0n) is 14.6. The van der Waals surface area contributed by atoms with Gasteiger partial charge < -0.3 is 19.3 Å². The number of allylic oxidation sites excluding steroid dienone is 1. The van der Waals surface area contributed by atoms with E-state index in [9.17, 15) is 14.7 Å². The molecule has 2 fully saturated rings. The minimum absolute atomic E-state index is 0.138. The van der Waals surface area contributed by atoms with Crippen LogP contribution in [0.2, 0.25) is 0 Å². The lowest BCUT2D eigenvalue weighted by Gasteiger charge is -2.28. The Hall–Kier alpha value is -1.92. The van der Waals surface area contributed by atoms with Gasteiger partial charge in [-0.25, -0.2) is 9.59 Å². The second-order valence-corrected chi connectivity index (χ2v) is 7.26. The number of aliphatic hydroxyl groups excluding tert-OH is 1. The topological polar surface area (TPSA) is 85.4 Å². The Morgan fingerprint density at radius 3 is 2.88 bits per heavy atom. The van der Waals surface area contributed by atoms with Crippen LogP contribution in [0.15, 0.2) is 36.0 Å². The van der Waals surface area contributed by atoms with Gasteiger partial charge in [-0.1, -0.05) is 19.2 Å². The molecule has 6 nitrogen and oxygen atoms in total. The maximum absolute atomic E-state index is 12.1. The highest BCUT2D eigenvalue weighted by Crippen LogP contribution is 2.50. The van der Waals surface area contributed by atoms with Crippen molar-refractivity contribution in [3.63, 3.8) is 0 Å². The molecule has 2 saturated heterocycles. The third-order valence-electron chi connectivity index (χ3n) is 5.25. The average molecular weight is 348 g/mol. The quantitative estimate of drug-likeness (QED) is 0.362. The predicted octanol–water partition coefficient (Wildman–Crippen LogP) is 1.83. The number of rotatable bonds is 3. The molecule has 0 aromatic rings. The maximum Gasteiger partial charge on any atom is 0.334 e. The van der Waals surface area contributed by atoms with Crippen molar-refractivity contribution in [3.05, 3.63) is 36.0 Å². The minimum atomic E-state index is -0.668. The number of hydrogen-bond donors (Lipinski definition) is 1. The third kappa shape index (κ3) is 3.28. The SMILES string of the molecule is C=C(C)C(=O)O[C@H]1CC(CO)=CCC[C@@]2(C)O[C@H]2[C@H]2OC(=O)C(=C)[C@@H]21. The maximum atomic E-state index is 12.1. The molecule has 0 radical (unpaired) electrons. The van der Waals surface area contributed by atoms with Gasteiger partial charge in [0.2, 0.25) is 0 Å². The number of carbonyl (C=O) groups is 2. The lowest BCUT2D eigenvalue weighted by molar-refractivity contribution is -0.148. The van der Waals surface area contributed by atoms with Crippen molar-refractivity contribution in [2.75, 3.05) is 6.61 Å². The van der Waals surface area contributed by atoms with Crippen LogP contribution in [-0.4, -0.2) is 47.6 Å². The van der Waals surface area contributed by atoms with E-state index in [1.807, 2.05) is 13.0 Å². The molecule has 0 aromatic heterocycles. The second kappa shape index (κ2) is 6.42. The molecule has 0 spiro atoms. The van der Waals surface area contributed by atoms with E-state index in [2.05, 4.69) is 13.2 Å². The van der Waals surface area contributed by atoms with Gasteiger partial charge in [0.05, 0.1) is 18.1 Å². The Bertz CT molecular complexity index is 663. The van der Waals surface area contributed by atoms with E-state index >= 15 is 0 Å². The Morgan fingerprint density at radius 1 is 1.52 bits per heavy atom. The summed E-state index contributed by atoms with van der Waals surface area (Å²) in [5.74, 6) is -1.53. The number of carbonyl (C=O) groups excluding carboxylic acids is 2. The second-order valence-electron chi connectivity index (χ2n) is 7.26. The fourth-order valence-corrected chi connectivity index (χ4v) is 3.68. The van der Waals surface area contributed by atoms with Gasteiger partial charge in [-0.3, -0.25) is 0 Å². The summed E-state index contributed by atoms with van der Waals surface area (Å²) >= 11 is 0. The van der Waals surface area contributed by atoms with Gasteiger partial charge in [0.15, 0.2) is 0 Å². The van der Waals surface area contributed by atoms with Gasteiger partial charge in [0, 0.05) is 17.6 Å². The molecule has 0 aromatic carbocycles. The number of ether oxygens (including phenoxy) is 3. The minimum Gasteiger partial charge on any atom is -0.458 e. The van der Waals surface area contributed by atoms with Crippen molar-refractivity contribution >= 4 is 11.9 Å². The lowest BCUT2D eigenvalue weighted by Crippen LogP contribution is -2.38. The van der Waals surface area contributed by atoms with Crippen molar-refractivity contribution in [1.82, 2.24) is 0 Å². The molecule has 2 aliphatic heterocycles. The van der Waals surface area contributed by atoms with Crippen LogP contribution in [0.1, 0.15) is 33.1 Å². The normalized spacial score (nSPS) is 37.3. The standard InChI is InChI=1S/C19H24O6/c1-10(2)17(21)23-13-8-12(9-20)6-5-7-19(4)16(25-19)15-14(13)11(3)18(22)24-15/h6,13-16,20H,1,3,5,7-9H2,2,4H3/t13-,14+,15-,16-,19+/m0/s1. The molecular weight excluding hydrogens is 324 g/mol. The summed E-state index contributed by atoms with van der Waals surface area (Å²) in [4.78, 5) is 24.2. The van der Waals surface area contributed by atoms with E-state index in [4.69, 9.17) is 14.2 Å². The van der Waals surface area contributed by atoms with Crippen molar-refractivity contribution in [2.24, 2.45) is 5.92 Å². The fraction of sp³-hybridized carbons (Fsp3) is 0.579. The van der Waals surface area contributed by atoms with Gasteiger partial charge in [-0.05, 0) is 32.3 Å². The predicted molar refractivity (Wildman–Crippen MR) is 89.5 cm³/mol. The Kier molecular flexibility index (Phi) is 4.60. The summed E-state index contributed by atoms with van der Waals surface area (Å²) in [7, 11) is 0. The molecule has 1 aliphatic carbocycles. The lowest BCUT2D eigenvalue weighted by atomic mass is 9.82. The van der Waals surface area contributed by atoms with E-state index in [1.165, 1.54) is 0 Å². The number of hydrogen-bond acceptors (Lipinski definition) is 6. The number of aliphatic hydroxyl groups is 1. The van der Waals surface area contributed by atoms with Gasteiger partial charge in [0.1, 0.15) is 18.3 Å². The number of epoxide rings is 1. The van der Waals surface area contributed by atoms with Crippen LogP contribution in [0, 0.1) is 5.92 Å². The summed E-state index contributed by atoms with van der Waals surface area (Å²) in [6.45, 7) is 10.9. The average Bonchev–Trinajstić information content (AvgIpc) is 3.13. The fourth-order valence-electron chi connectivity index (χ4n) is 3.68. The molecule has 0 bridgehead atoms. The summed E-state index contributed by atoms with van der Waals surface area (Å²) in [5, 5.41) is 9.65. The molecule has 25 heavy (non-hydrogen) atoms. The Balaban J connectivity index is 1.96. The van der Waals surface area contributed by atoms with Crippen LogP contribution in [0.3, 0.4) is 0 Å².